The van der Waals surface area contributed by atoms with E-state index in [1.165, 1.54) is 16.9 Å². The van der Waals surface area contributed by atoms with Crippen molar-refractivity contribution in [1.82, 2.24) is 10.2 Å². The van der Waals surface area contributed by atoms with Gasteiger partial charge in [0.1, 0.15) is 5.01 Å². The van der Waals surface area contributed by atoms with Crippen LogP contribution in [0.25, 0.3) is 0 Å². The van der Waals surface area contributed by atoms with Crippen molar-refractivity contribution >= 4 is 28.2 Å². The molecule has 1 heterocycles. The van der Waals surface area contributed by atoms with Crippen LogP contribution in [0.3, 0.4) is 0 Å². The molecule has 0 saturated carbocycles. The van der Waals surface area contributed by atoms with Crippen LogP contribution in [0.2, 0.25) is 0 Å². The van der Waals surface area contributed by atoms with Crippen molar-refractivity contribution in [3.63, 3.8) is 0 Å². The summed E-state index contributed by atoms with van der Waals surface area (Å²) in [6, 6.07) is 7.55. The summed E-state index contributed by atoms with van der Waals surface area (Å²) in [5.41, 5.74) is 1.84. The number of nitrogens with one attached hydrogen (secondary N) is 1. The molecule has 0 fully saturated rings. The van der Waals surface area contributed by atoms with Gasteiger partial charge in [0.15, 0.2) is 5.78 Å². The topological polar surface area (TPSA) is 72.0 Å². The molecule has 0 atom stereocenters. The second-order valence-electron chi connectivity index (χ2n) is 5.98. The number of hydrogen-bond acceptors (Lipinski definition) is 5. The Kier molecular flexibility index (Phi) is 7.25. The molecule has 2 aromatic rings. The summed E-state index contributed by atoms with van der Waals surface area (Å²) in [7, 11) is 0. The van der Waals surface area contributed by atoms with E-state index < -0.39 is 0 Å². The van der Waals surface area contributed by atoms with Gasteiger partial charge in [-0.05, 0) is 24.8 Å². The Morgan fingerprint density at radius 2 is 1.72 bits per heavy atom. The minimum absolute atomic E-state index is 0.0206. The fourth-order valence-corrected chi connectivity index (χ4v) is 3.59. The number of anilines is 1. The van der Waals surface area contributed by atoms with Gasteiger partial charge in [-0.15, -0.1) is 10.2 Å². The van der Waals surface area contributed by atoms with Crippen LogP contribution in [-0.4, -0.2) is 21.9 Å². The van der Waals surface area contributed by atoms with Gasteiger partial charge in [-0.25, -0.2) is 0 Å². The molecule has 134 valence electrons. The number of benzene rings is 1. The van der Waals surface area contributed by atoms with E-state index in [1.54, 1.807) is 0 Å². The van der Waals surface area contributed by atoms with Gasteiger partial charge in [0.25, 0.3) is 0 Å². The van der Waals surface area contributed by atoms with Gasteiger partial charge in [-0.3, -0.25) is 9.59 Å². The van der Waals surface area contributed by atoms with Gasteiger partial charge in [-0.2, -0.15) is 0 Å². The van der Waals surface area contributed by atoms with E-state index in [4.69, 9.17) is 0 Å². The monoisotopic (exact) mass is 359 g/mol. The largest absolute Gasteiger partial charge is 0.301 e. The minimum Gasteiger partial charge on any atom is -0.301 e. The third-order valence-corrected chi connectivity index (χ3v) is 5.29. The third-order valence-electron chi connectivity index (χ3n) is 4.29. The molecular formula is C19H25N3O2S. The average molecular weight is 359 g/mol. The van der Waals surface area contributed by atoms with Crippen molar-refractivity contribution in [1.29, 1.82) is 0 Å². The molecule has 5 nitrogen and oxygen atoms in total. The van der Waals surface area contributed by atoms with E-state index in [2.05, 4.69) is 36.3 Å². The van der Waals surface area contributed by atoms with Gasteiger partial charge >= 0.3 is 0 Å². The van der Waals surface area contributed by atoms with Crippen molar-refractivity contribution in [2.75, 3.05) is 5.32 Å². The molecule has 2 rings (SSSR count). The van der Waals surface area contributed by atoms with Gasteiger partial charge in [0.05, 0.1) is 0 Å². The summed E-state index contributed by atoms with van der Waals surface area (Å²) in [5, 5.41) is 12.4. The van der Waals surface area contributed by atoms with Gasteiger partial charge in [-0.1, -0.05) is 56.4 Å². The van der Waals surface area contributed by atoms with Crippen molar-refractivity contribution < 1.29 is 9.59 Å². The molecule has 6 heteroatoms. The Hall–Kier alpha value is -2.08. The Morgan fingerprint density at radius 1 is 1.04 bits per heavy atom. The van der Waals surface area contributed by atoms with Crippen molar-refractivity contribution in [2.24, 2.45) is 0 Å². The fourth-order valence-electron chi connectivity index (χ4n) is 2.57. The molecule has 1 aromatic heterocycles. The number of ketones is 1. The smallest absolute Gasteiger partial charge is 0.226 e. The highest BCUT2D eigenvalue weighted by Crippen LogP contribution is 2.28. The van der Waals surface area contributed by atoms with E-state index in [1.807, 2.05) is 24.3 Å². The molecule has 1 N–H and O–H groups in total. The highest BCUT2D eigenvalue weighted by atomic mass is 32.1. The van der Waals surface area contributed by atoms with Crippen LogP contribution in [-0.2, 0) is 11.2 Å². The number of nitrogens with zero attached hydrogens (tertiary/aromatic N) is 2. The van der Waals surface area contributed by atoms with Gasteiger partial charge in [0, 0.05) is 24.3 Å². The van der Waals surface area contributed by atoms with Crippen LogP contribution < -0.4 is 5.32 Å². The first kappa shape index (κ1) is 19.2. The number of rotatable bonds is 9. The van der Waals surface area contributed by atoms with Crippen LogP contribution in [0.4, 0.5) is 5.13 Å². The van der Waals surface area contributed by atoms with Crippen LogP contribution in [0, 0.1) is 0 Å². The fraction of sp³-hybridized carbons (Fsp3) is 0.474. The second-order valence-corrected chi connectivity index (χ2v) is 6.99. The van der Waals surface area contributed by atoms with Crippen molar-refractivity contribution in [2.45, 2.75) is 58.8 Å². The Morgan fingerprint density at radius 3 is 2.32 bits per heavy atom. The third kappa shape index (κ3) is 5.46. The molecular weight excluding hydrogens is 334 g/mol. The number of amides is 1. The summed E-state index contributed by atoms with van der Waals surface area (Å²) < 4.78 is 0. The average Bonchev–Trinajstić information content (AvgIpc) is 3.09. The van der Waals surface area contributed by atoms with Crippen LogP contribution >= 0.6 is 11.3 Å². The van der Waals surface area contributed by atoms with E-state index in [0.717, 1.165) is 24.3 Å². The van der Waals surface area contributed by atoms with E-state index in [9.17, 15) is 9.59 Å². The summed E-state index contributed by atoms with van der Waals surface area (Å²) in [6.07, 6.45) is 3.29. The lowest BCUT2D eigenvalue weighted by Crippen LogP contribution is -2.13. The van der Waals surface area contributed by atoms with Crippen LogP contribution in [0.5, 0.6) is 0 Å². The number of Topliss-reactive ketones (excluding diaryl/α,β-unsaturated/α-hetero) is 1. The summed E-state index contributed by atoms with van der Waals surface area (Å²) in [5.74, 6) is 0.161. The summed E-state index contributed by atoms with van der Waals surface area (Å²) >= 11 is 1.41. The number of carbonyl (C=O) groups is 2. The predicted molar refractivity (Wildman–Crippen MR) is 101 cm³/mol. The Balaban J connectivity index is 1.84. The SMILES string of the molecule is CCc1ccc(C(=O)CCC(=O)Nc2nnc(C(CC)CC)s2)cc1. The molecule has 0 spiro atoms. The molecule has 25 heavy (non-hydrogen) atoms. The van der Waals surface area contributed by atoms with Crippen molar-refractivity contribution in [3.8, 4) is 0 Å². The van der Waals surface area contributed by atoms with Crippen LogP contribution in [0.15, 0.2) is 24.3 Å². The molecule has 0 radical (unpaired) electrons. The zero-order valence-corrected chi connectivity index (χ0v) is 15.9. The molecule has 0 aliphatic carbocycles. The number of carbonyl (C=O) groups excluding carboxylic acids is 2. The van der Waals surface area contributed by atoms with Crippen LogP contribution in [0.1, 0.15) is 73.3 Å². The highest BCUT2D eigenvalue weighted by Gasteiger charge is 2.15. The summed E-state index contributed by atoms with van der Waals surface area (Å²) in [6.45, 7) is 6.31. The molecule has 0 saturated heterocycles. The molecule has 0 unspecified atom stereocenters. The maximum absolute atomic E-state index is 12.2. The van der Waals surface area contributed by atoms with E-state index in [0.29, 0.717) is 16.6 Å². The minimum atomic E-state index is -0.203. The quantitative estimate of drug-likeness (QED) is 0.664. The first-order chi connectivity index (χ1) is 12.1. The molecule has 0 aliphatic heterocycles. The van der Waals surface area contributed by atoms with E-state index in [-0.39, 0.29) is 24.5 Å². The zero-order chi connectivity index (χ0) is 18.2. The second kappa shape index (κ2) is 9.42. The molecule has 0 aliphatic rings. The number of aromatic nitrogens is 2. The molecule has 1 aromatic carbocycles. The van der Waals surface area contributed by atoms with Gasteiger partial charge < -0.3 is 5.32 Å². The lowest BCUT2D eigenvalue weighted by molar-refractivity contribution is -0.116. The molecule has 1 amide bonds. The maximum atomic E-state index is 12.2. The summed E-state index contributed by atoms with van der Waals surface area (Å²) in [4.78, 5) is 24.2. The van der Waals surface area contributed by atoms with E-state index >= 15 is 0 Å². The van der Waals surface area contributed by atoms with Crippen molar-refractivity contribution in [3.05, 3.63) is 40.4 Å². The predicted octanol–water partition coefficient (Wildman–Crippen LogP) is 4.61. The molecule has 0 bridgehead atoms. The Bertz CT molecular complexity index is 706. The standard InChI is InChI=1S/C19H25N3O2S/c1-4-13-7-9-15(10-8-13)16(23)11-12-17(24)20-19-22-21-18(25-19)14(5-2)6-3/h7-10,14H,4-6,11-12H2,1-3H3,(H,20,22,24). The lowest BCUT2D eigenvalue weighted by atomic mass is 10.0. The first-order valence-electron chi connectivity index (χ1n) is 8.82. The normalized spacial score (nSPS) is 10.9. The number of hydrogen-bond donors (Lipinski definition) is 1. The zero-order valence-electron chi connectivity index (χ0n) is 15.0. The Labute approximate surface area is 152 Å². The number of aryl methyl sites for hydroxylation is 1. The van der Waals surface area contributed by atoms with Gasteiger partial charge in [0.2, 0.25) is 11.0 Å². The first-order valence-corrected chi connectivity index (χ1v) is 9.64. The lowest BCUT2D eigenvalue weighted by Gasteiger charge is -2.05. The maximum Gasteiger partial charge on any atom is 0.226 e. The highest BCUT2D eigenvalue weighted by molar-refractivity contribution is 7.15.